The summed E-state index contributed by atoms with van der Waals surface area (Å²) in [5.41, 5.74) is 6.00. The molecule has 0 saturated carbocycles. The molecule has 172 valence electrons. The van der Waals surface area contributed by atoms with E-state index in [1.807, 2.05) is 6.92 Å². The van der Waals surface area contributed by atoms with Gasteiger partial charge in [-0.25, -0.2) is 9.97 Å². The van der Waals surface area contributed by atoms with Gasteiger partial charge in [0, 0.05) is 30.5 Å². The van der Waals surface area contributed by atoms with Crippen molar-refractivity contribution in [3.63, 3.8) is 0 Å². The minimum absolute atomic E-state index is 0.00531. The third-order valence-corrected chi connectivity index (χ3v) is 5.02. The van der Waals surface area contributed by atoms with Crippen LogP contribution in [0.1, 0.15) is 25.3 Å². The number of nitrogens with one attached hydrogen (secondary N) is 2. The van der Waals surface area contributed by atoms with E-state index in [0.29, 0.717) is 17.2 Å². The summed E-state index contributed by atoms with van der Waals surface area (Å²) in [4.78, 5) is 54.0. The Morgan fingerprint density at radius 1 is 1.32 bits per heavy atom. The number of aliphatic carboxylic acids is 2. The Hall–Kier alpha value is -2.48. The molecule has 0 spiro atoms. The minimum Gasteiger partial charge on any atom is -0.480 e. The predicted molar refractivity (Wildman–Crippen MR) is 111 cm³/mol. The van der Waals surface area contributed by atoms with Crippen LogP contribution >= 0.6 is 23.4 Å². The molecule has 2 amide bonds. The van der Waals surface area contributed by atoms with Crippen LogP contribution in [0, 0.1) is 0 Å². The number of amides is 2. The molecule has 14 heteroatoms. The second kappa shape index (κ2) is 13.7. The second-order valence-corrected chi connectivity index (χ2v) is 7.48. The highest BCUT2D eigenvalue weighted by Gasteiger charge is 2.23. The van der Waals surface area contributed by atoms with E-state index in [1.54, 1.807) is 0 Å². The van der Waals surface area contributed by atoms with E-state index in [2.05, 4.69) is 20.6 Å². The van der Waals surface area contributed by atoms with Crippen molar-refractivity contribution in [2.75, 3.05) is 18.9 Å². The highest BCUT2D eigenvalue weighted by atomic mass is 35.5. The lowest BCUT2D eigenvalue weighted by Crippen LogP contribution is -2.49. The van der Waals surface area contributed by atoms with Gasteiger partial charge in [-0.3, -0.25) is 19.2 Å². The monoisotopic (exact) mass is 477 g/mol. The van der Waals surface area contributed by atoms with Gasteiger partial charge < -0.3 is 31.3 Å². The number of ether oxygens (including phenoxy) is 1. The molecular weight excluding hydrogens is 454 g/mol. The summed E-state index contributed by atoms with van der Waals surface area (Å²) in [6.45, 7) is 1.86. The van der Waals surface area contributed by atoms with Gasteiger partial charge in [-0.05, 0) is 24.9 Å². The molecule has 1 heterocycles. The smallest absolute Gasteiger partial charge is 0.322 e. The summed E-state index contributed by atoms with van der Waals surface area (Å²) in [6, 6.07) is -2.34. The number of rotatable bonds is 14. The summed E-state index contributed by atoms with van der Waals surface area (Å²) < 4.78 is 5.35. The molecule has 1 rings (SSSR count). The molecule has 0 bridgehead atoms. The molecule has 0 fully saturated rings. The van der Waals surface area contributed by atoms with E-state index in [9.17, 15) is 19.2 Å². The van der Waals surface area contributed by atoms with Gasteiger partial charge in [-0.2, -0.15) is 0 Å². The molecule has 0 saturated heterocycles. The van der Waals surface area contributed by atoms with Crippen molar-refractivity contribution >= 4 is 47.1 Å². The minimum atomic E-state index is -1.25. The Bertz CT molecular complexity index is 798. The molecular formula is C17H24ClN5O7S. The number of halogens is 1. The highest BCUT2D eigenvalue weighted by molar-refractivity contribution is 7.99. The molecule has 12 nitrogen and oxygen atoms in total. The third kappa shape index (κ3) is 10.4. The lowest BCUT2D eigenvalue weighted by molar-refractivity contribution is -0.139. The standard InChI is InChI=1S/C17H24ClN5O7S/c1-2-30-7-9-5-21-17(18)23-15(9)31-8-11(14(27)20-6-13(25)26)22-12(24)4-3-10(19)16(28)29/h5,10-11H,2-4,6-8,19H2,1H3,(H,20,27)(H,22,24)(H,25,26)(H,28,29). The topological polar surface area (TPSA) is 194 Å². The van der Waals surface area contributed by atoms with Crippen LogP contribution in [0.4, 0.5) is 0 Å². The molecule has 2 atom stereocenters. The summed E-state index contributed by atoms with van der Waals surface area (Å²) >= 11 is 6.94. The Morgan fingerprint density at radius 2 is 2.03 bits per heavy atom. The molecule has 6 N–H and O–H groups in total. The number of nitrogens with zero attached hydrogens (tertiary/aromatic N) is 2. The fraction of sp³-hybridized carbons (Fsp3) is 0.529. The van der Waals surface area contributed by atoms with Crippen molar-refractivity contribution in [1.29, 1.82) is 0 Å². The maximum absolute atomic E-state index is 12.4. The predicted octanol–water partition coefficient (Wildman–Crippen LogP) is -0.364. The second-order valence-electron chi connectivity index (χ2n) is 6.13. The van der Waals surface area contributed by atoms with Gasteiger partial charge in [0.05, 0.1) is 6.61 Å². The number of carbonyl (C=O) groups is 4. The summed E-state index contributed by atoms with van der Waals surface area (Å²) in [7, 11) is 0. The van der Waals surface area contributed by atoms with Crippen LogP contribution < -0.4 is 16.4 Å². The Morgan fingerprint density at radius 3 is 2.65 bits per heavy atom. The van der Waals surface area contributed by atoms with Crippen LogP contribution in [-0.2, 0) is 30.5 Å². The van der Waals surface area contributed by atoms with Crippen molar-refractivity contribution < 1.29 is 34.1 Å². The SMILES string of the molecule is CCOCc1cnc(Cl)nc1SCC(NC(=O)CCC(N)C(=O)O)C(=O)NCC(=O)O. The van der Waals surface area contributed by atoms with Crippen LogP contribution in [0.5, 0.6) is 0 Å². The van der Waals surface area contributed by atoms with E-state index in [4.69, 9.17) is 32.3 Å². The molecule has 2 unspecified atom stereocenters. The molecule has 0 aliphatic heterocycles. The van der Waals surface area contributed by atoms with Gasteiger partial charge in [-0.15, -0.1) is 11.8 Å². The quantitative estimate of drug-likeness (QED) is 0.133. The fourth-order valence-electron chi connectivity index (χ4n) is 2.11. The van der Waals surface area contributed by atoms with Gasteiger partial charge in [0.25, 0.3) is 0 Å². The highest BCUT2D eigenvalue weighted by Crippen LogP contribution is 2.23. The lowest BCUT2D eigenvalue weighted by Gasteiger charge is -2.18. The van der Waals surface area contributed by atoms with E-state index < -0.39 is 42.4 Å². The van der Waals surface area contributed by atoms with Gasteiger partial charge in [0.2, 0.25) is 17.1 Å². The number of carboxylic acids is 2. The number of aromatic nitrogens is 2. The van der Waals surface area contributed by atoms with Crippen LogP contribution in [-0.4, -0.2) is 74.9 Å². The van der Waals surface area contributed by atoms with E-state index in [1.165, 1.54) is 6.20 Å². The molecule has 0 aromatic carbocycles. The average molecular weight is 478 g/mol. The van der Waals surface area contributed by atoms with Gasteiger partial charge >= 0.3 is 11.9 Å². The van der Waals surface area contributed by atoms with Gasteiger partial charge in [0.1, 0.15) is 23.7 Å². The third-order valence-electron chi connectivity index (χ3n) is 3.71. The summed E-state index contributed by atoms with van der Waals surface area (Å²) in [5, 5.41) is 22.6. The first-order valence-corrected chi connectivity index (χ1v) is 10.5. The Labute approximate surface area is 187 Å². The normalized spacial score (nSPS) is 12.6. The zero-order valence-electron chi connectivity index (χ0n) is 16.7. The number of carbonyl (C=O) groups excluding carboxylic acids is 2. The van der Waals surface area contributed by atoms with Gasteiger partial charge in [-0.1, -0.05) is 0 Å². The first kappa shape index (κ1) is 26.6. The van der Waals surface area contributed by atoms with Crippen LogP contribution in [0.25, 0.3) is 0 Å². The fourth-order valence-corrected chi connectivity index (χ4v) is 3.31. The van der Waals surface area contributed by atoms with Gasteiger partial charge in [0.15, 0.2) is 0 Å². The van der Waals surface area contributed by atoms with Crippen LogP contribution in [0.15, 0.2) is 11.2 Å². The molecule has 0 aliphatic carbocycles. The lowest BCUT2D eigenvalue weighted by atomic mass is 10.1. The van der Waals surface area contributed by atoms with Crippen molar-refractivity contribution in [2.24, 2.45) is 5.73 Å². The summed E-state index contributed by atoms with van der Waals surface area (Å²) in [5.74, 6) is -3.84. The molecule has 0 radical (unpaired) electrons. The number of thioether (sulfide) groups is 1. The van der Waals surface area contributed by atoms with Crippen molar-refractivity contribution in [1.82, 2.24) is 20.6 Å². The Balaban J connectivity index is 2.86. The van der Waals surface area contributed by atoms with Crippen LogP contribution in [0.3, 0.4) is 0 Å². The van der Waals surface area contributed by atoms with Crippen molar-refractivity contribution in [2.45, 2.75) is 43.5 Å². The van der Waals surface area contributed by atoms with E-state index in [0.717, 1.165) is 11.8 Å². The first-order chi connectivity index (χ1) is 14.6. The maximum Gasteiger partial charge on any atom is 0.322 e. The molecule has 1 aromatic heterocycles. The van der Waals surface area contributed by atoms with E-state index >= 15 is 0 Å². The number of carboxylic acid groups (broad SMARTS) is 2. The summed E-state index contributed by atoms with van der Waals surface area (Å²) in [6.07, 6.45) is 1.13. The maximum atomic E-state index is 12.4. The largest absolute Gasteiger partial charge is 0.480 e. The van der Waals surface area contributed by atoms with E-state index in [-0.39, 0.29) is 30.5 Å². The number of nitrogens with two attached hydrogens (primary N) is 1. The van der Waals surface area contributed by atoms with Crippen LogP contribution in [0.2, 0.25) is 5.28 Å². The zero-order chi connectivity index (χ0) is 23.4. The zero-order valence-corrected chi connectivity index (χ0v) is 18.2. The molecule has 1 aromatic rings. The molecule has 0 aliphatic rings. The molecule has 31 heavy (non-hydrogen) atoms. The Kier molecular flexibility index (Phi) is 11.8. The number of hydrogen-bond acceptors (Lipinski definition) is 9. The van der Waals surface area contributed by atoms with Crippen molar-refractivity contribution in [3.05, 3.63) is 17.0 Å². The average Bonchev–Trinajstić information content (AvgIpc) is 2.72. The number of hydrogen-bond donors (Lipinski definition) is 5. The van der Waals surface area contributed by atoms with Crippen molar-refractivity contribution in [3.8, 4) is 0 Å². The first-order valence-electron chi connectivity index (χ1n) is 9.13.